The molecular formula is C19H40NO2+. The minimum Gasteiger partial charge on any atom is -0.361 e. The van der Waals surface area contributed by atoms with E-state index in [2.05, 4.69) is 21.0 Å². The van der Waals surface area contributed by atoms with Gasteiger partial charge in [-0.05, 0) is 6.42 Å². The van der Waals surface area contributed by atoms with E-state index in [0.717, 1.165) is 30.4 Å². The number of aliphatic hydroxyl groups is 1. The van der Waals surface area contributed by atoms with Crippen molar-refractivity contribution in [3.8, 4) is 0 Å². The van der Waals surface area contributed by atoms with E-state index in [-0.39, 0.29) is 0 Å². The highest BCUT2D eigenvalue weighted by molar-refractivity contribution is 4.70. The van der Waals surface area contributed by atoms with Gasteiger partial charge in [-0.25, -0.2) is 0 Å². The third kappa shape index (κ3) is 9.12. The molecule has 132 valence electrons. The van der Waals surface area contributed by atoms with E-state index in [1.54, 1.807) is 0 Å². The Kier molecular flexibility index (Phi) is 9.62. The zero-order chi connectivity index (χ0) is 16.3. The lowest BCUT2D eigenvalue weighted by atomic mass is 10.0. The van der Waals surface area contributed by atoms with Crippen molar-refractivity contribution in [3.63, 3.8) is 0 Å². The minimum atomic E-state index is -0.874. The molecule has 0 radical (unpaired) electrons. The molecule has 0 aliphatic carbocycles. The summed E-state index contributed by atoms with van der Waals surface area (Å²) >= 11 is 0. The van der Waals surface area contributed by atoms with Crippen LogP contribution in [0.1, 0.15) is 84.0 Å². The highest BCUT2D eigenvalue weighted by Crippen LogP contribution is 2.24. The number of likely N-dealkylation sites (N-methyl/N-ethyl adjacent to an activating group) is 1. The van der Waals surface area contributed by atoms with Crippen molar-refractivity contribution >= 4 is 0 Å². The molecule has 1 atom stereocenters. The second-order valence-corrected chi connectivity index (χ2v) is 7.90. The fraction of sp³-hybridized carbons (Fsp3) is 1.00. The van der Waals surface area contributed by atoms with Crippen molar-refractivity contribution in [2.45, 2.75) is 89.8 Å². The first kappa shape index (κ1) is 19.9. The van der Waals surface area contributed by atoms with Gasteiger partial charge in [0.1, 0.15) is 13.1 Å². The summed E-state index contributed by atoms with van der Waals surface area (Å²) in [5, 5.41) is 10.5. The van der Waals surface area contributed by atoms with Gasteiger partial charge in [-0.1, -0.05) is 71.1 Å². The number of unbranched alkanes of at least 4 members (excludes halogenated alkanes) is 10. The van der Waals surface area contributed by atoms with Gasteiger partial charge in [0.25, 0.3) is 0 Å². The second-order valence-electron chi connectivity index (χ2n) is 7.90. The monoisotopic (exact) mass is 314 g/mol. The number of ether oxygens (including phenoxy) is 1. The van der Waals surface area contributed by atoms with E-state index in [4.69, 9.17) is 4.74 Å². The van der Waals surface area contributed by atoms with Crippen LogP contribution in [0.4, 0.5) is 0 Å². The summed E-state index contributed by atoms with van der Waals surface area (Å²) in [6, 6.07) is 0. The van der Waals surface area contributed by atoms with E-state index in [1.807, 2.05) is 0 Å². The van der Waals surface area contributed by atoms with Gasteiger partial charge >= 0.3 is 0 Å². The highest BCUT2D eigenvalue weighted by Gasteiger charge is 2.39. The maximum absolute atomic E-state index is 10.5. The van der Waals surface area contributed by atoms with Crippen molar-refractivity contribution in [2.75, 3.05) is 33.8 Å². The number of quaternary nitrogens is 1. The van der Waals surface area contributed by atoms with Crippen LogP contribution in [0.15, 0.2) is 0 Å². The van der Waals surface area contributed by atoms with Crippen LogP contribution < -0.4 is 0 Å². The van der Waals surface area contributed by atoms with Gasteiger partial charge < -0.3 is 14.3 Å². The van der Waals surface area contributed by atoms with Crippen LogP contribution in [-0.4, -0.2) is 49.2 Å². The Morgan fingerprint density at radius 3 is 1.86 bits per heavy atom. The molecule has 22 heavy (non-hydrogen) atoms. The standard InChI is InChI=1S/C19H40NO2/c1-4-5-6-7-8-9-10-11-12-13-14-15-19(21)18-20(2,3)16-17-22-19/h21H,4-18H2,1-3H3/q+1. The molecule has 0 bridgehead atoms. The zero-order valence-electron chi connectivity index (χ0n) is 15.4. The molecular weight excluding hydrogens is 274 g/mol. The van der Waals surface area contributed by atoms with E-state index in [0.29, 0.717) is 6.61 Å². The second kappa shape index (κ2) is 10.6. The van der Waals surface area contributed by atoms with Crippen LogP contribution in [0.25, 0.3) is 0 Å². The Bertz CT molecular complexity index is 281. The lowest BCUT2D eigenvalue weighted by Gasteiger charge is -2.42. The van der Waals surface area contributed by atoms with Gasteiger partial charge in [0.15, 0.2) is 0 Å². The van der Waals surface area contributed by atoms with Crippen LogP contribution in [0.5, 0.6) is 0 Å². The molecule has 1 rings (SSSR count). The number of morpholine rings is 1. The molecule has 3 nitrogen and oxygen atoms in total. The third-order valence-electron chi connectivity index (χ3n) is 4.91. The van der Waals surface area contributed by atoms with E-state index < -0.39 is 5.79 Å². The highest BCUT2D eigenvalue weighted by atomic mass is 16.6. The van der Waals surface area contributed by atoms with Crippen LogP contribution in [0.2, 0.25) is 0 Å². The number of hydrogen-bond acceptors (Lipinski definition) is 2. The summed E-state index contributed by atoms with van der Waals surface area (Å²) in [4.78, 5) is 0. The number of rotatable bonds is 12. The Balaban J connectivity index is 1.93. The fourth-order valence-electron chi connectivity index (χ4n) is 3.49. The molecule has 0 amide bonds. The molecule has 0 aromatic heterocycles. The van der Waals surface area contributed by atoms with Gasteiger partial charge in [-0.3, -0.25) is 0 Å². The molecule has 1 N–H and O–H groups in total. The first-order chi connectivity index (χ1) is 10.5. The molecule has 0 aromatic carbocycles. The minimum absolute atomic E-state index is 0.682. The molecule has 1 aliphatic rings. The van der Waals surface area contributed by atoms with Crippen molar-refractivity contribution in [1.82, 2.24) is 0 Å². The van der Waals surface area contributed by atoms with Crippen molar-refractivity contribution in [1.29, 1.82) is 0 Å². The average Bonchev–Trinajstić information content (AvgIpc) is 2.43. The SMILES string of the molecule is CCCCCCCCCCCCCC1(O)C[N+](C)(C)CCO1. The lowest BCUT2D eigenvalue weighted by molar-refractivity contribution is -0.911. The Morgan fingerprint density at radius 1 is 0.864 bits per heavy atom. The van der Waals surface area contributed by atoms with Crippen molar-refractivity contribution in [2.24, 2.45) is 0 Å². The molecule has 3 heteroatoms. The van der Waals surface area contributed by atoms with Crippen LogP contribution in [-0.2, 0) is 4.74 Å². The summed E-state index contributed by atoms with van der Waals surface area (Å²) in [5.41, 5.74) is 0. The van der Waals surface area contributed by atoms with Gasteiger partial charge in [0.05, 0.1) is 20.7 Å². The maximum Gasteiger partial charge on any atom is 0.216 e. The molecule has 1 saturated heterocycles. The van der Waals surface area contributed by atoms with Gasteiger partial charge in [0.2, 0.25) is 5.79 Å². The van der Waals surface area contributed by atoms with E-state index in [9.17, 15) is 5.11 Å². The van der Waals surface area contributed by atoms with Crippen molar-refractivity contribution in [3.05, 3.63) is 0 Å². The third-order valence-corrected chi connectivity index (χ3v) is 4.91. The average molecular weight is 315 g/mol. The van der Waals surface area contributed by atoms with Gasteiger partial charge in [-0.15, -0.1) is 0 Å². The van der Waals surface area contributed by atoms with Gasteiger partial charge in [0, 0.05) is 6.42 Å². The molecule has 1 fully saturated rings. The topological polar surface area (TPSA) is 29.5 Å². The normalized spacial score (nSPS) is 24.5. The first-order valence-electron chi connectivity index (χ1n) is 9.66. The first-order valence-corrected chi connectivity index (χ1v) is 9.66. The lowest BCUT2D eigenvalue weighted by Crippen LogP contribution is -2.59. The Hall–Kier alpha value is -0.120. The van der Waals surface area contributed by atoms with Crippen LogP contribution >= 0.6 is 0 Å². The Morgan fingerprint density at radius 2 is 1.36 bits per heavy atom. The van der Waals surface area contributed by atoms with Crippen LogP contribution in [0.3, 0.4) is 0 Å². The Labute approximate surface area is 138 Å². The molecule has 1 unspecified atom stereocenters. The van der Waals surface area contributed by atoms with E-state index >= 15 is 0 Å². The predicted octanol–water partition coefficient (Wildman–Crippen LogP) is 4.48. The number of hydrogen-bond donors (Lipinski definition) is 1. The smallest absolute Gasteiger partial charge is 0.216 e. The quantitative estimate of drug-likeness (QED) is 0.425. The van der Waals surface area contributed by atoms with E-state index in [1.165, 1.54) is 64.2 Å². The van der Waals surface area contributed by atoms with Crippen molar-refractivity contribution < 1.29 is 14.3 Å². The summed E-state index contributed by atoms with van der Waals surface area (Å²) in [6.45, 7) is 4.68. The molecule has 0 saturated carbocycles. The van der Waals surface area contributed by atoms with Crippen LogP contribution in [0, 0.1) is 0 Å². The summed E-state index contributed by atoms with van der Waals surface area (Å²) in [6.07, 6.45) is 15.6. The summed E-state index contributed by atoms with van der Waals surface area (Å²) in [7, 11) is 4.35. The zero-order valence-corrected chi connectivity index (χ0v) is 15.4. The largest absolute Gasteiger partial charge is 0.361 e. The molecule has 1 heterocycles. The predicted molar refractivity (Wildman–Crippen MR) is 93.8 cm³/mol. The fourth-order valence-corrected chi connectivity index (χ4v) is 3.49. The molecule has 1 aliphatic heterocycles. The number of nitrogens with zero attached hydrogens (tertiary/aromatic N) is 1. The maximum atomic E-state index is 10.5. The molecule has 0 aromatic rings. The summed E-state index contributed by atoms with van der Waals surface area (Å²) in [5.74, 6) is -0.874. The summed E-state index contributed by atoms with van der Waals surface area (Å²) < 4.78 is 6.50. The molecule has 0 spiro atoms. The van der Waals surface area contributed by atoms with Gasteiger partial charge in [-0.2, -0.15) is 0 Å².